The van der Waals surface area contributed by atoms with Crippen LogP contribution < -0.4 is 4.90 Å². The van der Waals surface area contributed by atoms with E-state index in [1.807, 2.05) is 36.4 Å². The van der Waals surface area contributed by atoms with Gasteiger partial charge in [-0.1, -0.05) is 84.9 Å². The smallest absolute Gasteiger partial charge is 0.180 e. The molecule has 10 aromatic rings. The van der Waals surface area contributed by atoms with E-state index in [0.29, 0.717) is 11.4 Å². The quantitative estimate of drug-likeness (QED) is 0.195. The molecule has 5 nitrogen and oxygen atoms in total. The first-order valence-corrected chi connectivity index (χ1v) is 16.4. The first-order chi connectivity index (χ1) is 24.3. The van der Waals surface area contributed by atoms with Crippen LogP contribution in [0.3, 0.4) is 0 Å². The molecule has 1 aliphatic rings. The van der Waals surface area contributed by atoms with Crippen LogP contribution in [-0.2, 0) is 0 Å². The van der Waals surface area contributed by atoms with Crippen molar-refractivity contribution in [2.24, 2.45) is 0 Å². The zero-order valence-corrected chi connectivity index (χ0v) is 26.1. The molecule has 0 unspecified atom stereocenters. The summed E-state index contributed by atoms with van der Waals surface area (Å²) in [4.78, 5) is 12.6. The Morgan fingerprint density at radius 1 is 0.469 bits per heavy atom. The Labute approximate surface area is 280 Å². The summed E-state index contributed by atoms with van der Waals surface area (Å²) in [6, 6.07) is 52.7. The number of hydrogen-bond donors (Lipinski definition) is 0. The summed E-state index contributed by atoms with van der Waals surface area (Å²) in [5, 5.41) is 5.62. The summed E-state index contributed by atoms with van der Waals surface area (Å²) >= 11 is 0. The van der Waals surface area contributed by atoms with E-state index in [9.17, 15) is 0 Å². The molecule has 4 heterocycles. The number of furan rings is 2. The van der Waals surface area contributed by atoms with Crippen molar-refractivity contribution in [3.8, 4) is 33.8 Å². The summed E-state index contributed by atoms with van der Waals surface area (Å²) < 4.78 is 12.7. The lowest BCUT2D eigenvalue weighted by Gasteiger charge is -2.33. The molecule has 0 aliphatic carbocycles. The van der Waals surface area contributed by atoms with E-state index in [0.717, 1.165) is 66.6 Å². The Kier molecular flexibility index (Phi) is 5.32. The zero-order chi connectivity index (χ0) is 32.1. The first-order valence-electron chi connectivity index (χ1n) is 16.4. The fourth-order valence-electron chi connectivity index (χ4n) is 7.58. The lowest BCUT2D eigenvalue weighted by atomic mass is 9.91. The topological polar surface area (TPSA) is 55.3 Å². The lowest BCUT2D eigenvalue weighted by molar-refractivity contribution is 0.666. The van der Waals surface area contributed by atoms with Gasteiger partial charge in [0.2, 0.25) is 0 Å². The molecule has 5 heteroatoms. The predicted octanol–water partition coefficient (Wildman–Crippen LogP) is 12.2. The maximum Gasteiger partial charge on any atom is 0.180 e. The molecule has 0 atom stereocenters. The number of anilines is 3. The van der Waals surface area contributed by atoms with Crippen molar-refractivity contribution in [1.82, 2.24) is 9.97 Å². The van der Waals surface area contributed by atoms with Crippen molar-refractivity contribution in [2.45, 2.75) is 0 Å². The van der Waals surface area contributed by atoms with Crippen LogP contribution in [0.1, 0.15) is 0 Å². The predicted molar refractivity (Wildman–Crippen MR) is 199 cm³/mol. The van der Waals surface area contributed by atoms with Crippen LogP contribution in [0, 0.1) is 0 Å². The Morgan fingerprint density at radius 3 is 2.02 bits per heavy atom. The van der Waals surface area contributed by atoms with Crippen molar-refractivity contribution < 1.29 is 8.83 Å². The summed E-state index contributed by atoms with van der Waals surface area (Å²) in [5.74, 6) is 0.636. The van der Waals surface area contributed by atoms with Crippen molar-refractivity contribution >= 4 is 71.8 Å². The number of rotatable bonds is 3. The second-order valence-electron chi connectivity index (χ2n) is 12.6. The highest BCUT2D eigenvalue weighted by Crippen LogP contribution is 2.50. The minimum atomic E-state index is 0.636. The standard InChI is InChI=1S/C44H25N3O2/c1-4-15-35-30(11-1)33-14-7-9-26-10-8-16-36(40(26)33)47(35)29-22-19-27(20-23-29)44-45-41(43-42(46-44)34-13-3-6-18-38(34)49-43)28-21-24-32-31-12-2-5-17-37(31)48-39(32)25-28/h1-25H. The van der Waals surface area contributed by atoms with Crippen LogP contribution in [0.5, 0.6) is 0 Å². The fraction of sp³-hybridized carbons (Fsp3) is 0. The number of para-hydroxylation sites is 3. The molecular weight excluding hydrogens is 603 g/mol. The summed E-state index contributed by atoms with van der Waals surface area (Å²) in [6.45, 7) is 0. The minimum Gasteiger partial charge on any atom is -0.456 e. The second-order valence-corrected chi connectivity index (χ2v) is 12.6. The number of aromatic nitrogens is 2. The van der Waals surface area contributed by atoms with Gasteiger partial charge in [-0.3, -0.25) is 0 Å². The third-order valence-electron chi connectivity index (χ3n) is 9.81. The third kappa shape index (κ3) is 3.81. The molecule has 3 aromatic heterocycles. The maximum atomic E-state index is 6.43. The van der Waals surface area contributed by atoms with Crippen LogP contribution >= 0.6 is 0 Å². The minimum absolute atomic E-state index is 0.636. The van der Waals surface area contributed by atoms with Gasteiger partial charge >= 0.3 is 0 Å². The van der Waals surface area contributed by atoms with Crippen molar-refractivity contribution in [3.63, 3.8) is 0 Å². The van der Waals surface area contributed by atoms with Gasteiger partial charge in [0.1, 0.15) is 28.0 Å². The molecule has 0 fully saturated rings. The van der Waals surface area contributed by atoms with Gasteiger partial charge in [-0.2, -0.15) is 0 Å². The van der Waals surface area contributed by atoms with E-state index < -0.39 is 0 Å². The SMILES string of the molecule is c1ccc2c(c1)-c1cccc3cccc(c13)N2c1ccc(-c2nc(-c3ccc4c(c3)oc3ccccc34)c3oc4ccccc4c3n2)cc1. The Morgan fingerprint density at radius 2 is 1.14 bits per heavy atom. The largest absolute Gasteiger partial charge is 0.456 e. The van der Waals surface area contributed by atoms with Crippen molar-refractivity contribution in [3.05, 3.63) is 152 Å². The van der Waals surface area contributed by atoms with E-state index in [4.69, 9.17) is 18.8 Å². The highest BCUT2D eigenvalue weighted by molar-refractivity contribution is 6.14. The molecular formula is C44H25N3O2. The van der Waals surface area contributed by atoms with Gasteiger partial charge in [-0.25, -0.2) is 9.97 Å². The molecule has 0 bridgehead atoms. The Bertz CT molecular complexity index is 2950. The Hall–Kier alpha value is -6.72. The van der Waals surface area contributed by atoms with E-state index in [2.05, 4.69) is 120 Å². The van der Waals surface area contributed by atoms with Gasteiger partial charge in [-0.05, 0) is 77.7 Å². The van der Waals surface area contributed by atoms with Crippen LogP contribution in [0.25, 0.3) is 88.6 Å². The van der Waals surface area contributed by atoms with Crippen molar-refractivity contribution in [1.29, 1.82) is 0 Å². The summed E-state index contributed by atoms with van der Waals surface area (Å²) in [5.41, 5.74) is 12.4. The monoisotopic (exact) mass is 627 g/mol. The van der Waals surface area contributed by atoms with E-state index in [-0.39, 0.29) is 0 Å². The summed E-state index contributed by atoms with van der Waals surface area (Å²) in [6.07, 6.45) is 0. The van der Waals surface area contributed by atoms with Gasteiger partial charge in [0, 0.05) is 43.9 Å². The molecule has 49 heavy (non-hydrogen) atoms. The van der Waals surface area contributed by atoms with Gasteiger partial charge in [-0.15, -0.1) is 0 Å². The van der Waals surface area contributed by atoms with E-state index in [1.54, 1.807) is 0 Å². The molecule has 0 saturated heterocycles. The van der Waals surface area contributed by atoms with Gasteiger partial charge in [0.25, 0.3) is 0 Å². The highest BCUT2D eigenvalue weighted by Gasteiger charge is 2.26. The van der Waals surface area contributed by atoms with E-state index >= 15 is 0 Å². The molecule has 0 N–H and O–H groups in total. The number of benzene rings is 7. The average molecular weight is 628 g/mol. The Balaban J connectivity index is 1.08. The van der Waals surface area contributed by atoms with Crippen LogP contribution in [0.4, 0.5) is 17.1 Å². The van der Waals surface area contributed by atoms with Crippen molar-refractivity contribution in [2.75, 3.05) is 4.90 Å². The van der Waals surface area contributed by atoms with Crippen LogP contribution in [0.15, 0.2) is 160 Å². The molecule has 0 radical (unpaired) electrons. The van der Waals surface area contributed by atoms with Gasteiger partial charge in [0.15, 0.2) is 11.4 Å². The van der Waals surface area contributed by atoms with Gasteiger partial charge in [0.05, 0.1) is 11.4 Å². The average Bonchev–Trinajstić information content (AvgIpc) is 3.73. The number of nitrogens with zero attached hydrogens (tertiary/aromatic N) is 3. The highest BCUT2D eigenvalue weighted by atomic mass is 16.3. The first kappa shape index (κ1) is 26.4. The van der Waals surface area contributed by atoms with Gasteiger partial charge < -0.3 is 13.7 Å². The molecule has 228 valence electrons. The van der Waals surface area contributed by atoms with Crippen LogP contribution in [0.2, 0.25) is 0 Å². The second kappa shape index (κ2) is 9.89. The molecule has 0 saturated carbocycles. The zero-order valence-electron chi connectivity index (χ0n) is 26.1. The third-order valence-corrected chi connectivity index (χ3v) is 9.81. The summed E-state index contributed by atoms with van der Waals surface area (Å²) in [7, 11) is 0. The molecule has 1 aliphatic heterocycles. The molecule has 7 aromatic carbocycles. The molecule has 11 rings (SSSR count). The number of hydrogen-bond acceptors (Lipinski definition) is 5. The molecule has 0 amide bonds. The lowest BCUT2D eigenvalue weighted by Crippen LogP contribution is -2.14. The number of fused-ring (bicyclic) bond motifs is 8. The normalized spacial score (nSPS) is 12.4. The fourth-order valence-corrected chi connectivity index (χ4v) is 7.58. The maximum absolute atomic E-state index is 6.43. The van der Waals surface area contributed by atoms with E-state index in [1.165, 1.54) is 27.6 Å². The van der Waals surface area contributed by atoms with Crippen LogP contribution in [-0.4, -0.2) is 9.97 Å². The molecule has 0 spiro atoms.